The highest BCUT2D eigenvalue weighted by atomic mass is 15.0. The lowest BCUT2D eigenvalue weighted by Gasteiger charge is -2.21. The van der Waals surface area contributed by atoms with Crippen molar-refractivity contribution in [2.45, 2.75) is 39.2 Å². The summed E-state index contributed by atoms with van der Waals surface area (Å²) in [6.45, 7) is 9.72. The smallest absolute Gasteiger partial charge is 0.127 e. The molecule has 0 radical (unpaired) electrons. The van der Waals surface area contributed by atoms with Gasteiger partial charge < -0.3 is 10.3 Å². The van der Waals surface area contributed by atoms with Crippen LogP contribution in [0, 0.1) is 0 Å². The van der Waals surface area contributed by atoms with E-state index < -0.39 is 0 Å². The van der Waals surface area contributed by atoms with Gasteiger partial charge in [-0.15, -0.1) is 0 Å². The molecule has 0 aliphatic heterocycles. The van der Waals surface area contributed by atoms with E-state index in [9.17, 15) is 0 Å². The molecule has 2 rings (SSSR count). The van der Waals surface area contributed by atoms with Crippen molar-refractivity contribution < 1.29 is 0 Å². The van der Waals surface area contributed by atoms with Crippen molar-refractivity contribution in [3.8, 4) is 0 Å². The first-order valence-electron chi connectivity index (χ1n) is 6.85. The van der Waals surface area contributed by atoms with Crippen LogP contribution in [0.25, 0.3) is 0 Å². The summed E-state index contributed by atoms with van der Waals surface area (Å²) in [5.41, 5.74) is 2.78. The molecule has 3 heteroatoms. The van der Waals surface area contributed by atoms with Gasteiger partial charge in [-0.2, -0.15) is 0 Å². The fourth-order valence-corrected chi connectivity index (χ4v) is 2.19. The van der Waals surface area contributed by atoms with Crippen LogP contribution in [0.4, 0.5) is 0 Å². The van der Waals surface area contributed by atoms with E-state index in [1.54, 1.807) is 6.20 Å². The van der Waals surface area contributed by atoms with E-state index in [0.717, 1.165) is 12.4 Å². The number of H-pyrrole nitrogens is 1. The van der Waals surface area contributed by atoms with Gasteiger partial charge >= 0.3 is 0 Å². The number of hydrogen-bond acceptors (Lipinski definition) is 2. The van der Waals surface area contributed by atoms with Crippen molar-refractivity contribution in [3.63, 3.8) is 0 Å². The molecular formula is C16H23N3. The van der Waals surface area contributed by atoms with Gasteiger partial charge in [-0.05, 0) is 23.1 Å². The zero-order valence-electron chi connectivity index (χ0n) is 12.2. The highest BCUT2D eigenvalue weighted by Gasteiger charge is 2.17. The number of nitrogens with zero attached hydrogens (tertiary/aromatic N) is 1. The Hall–Kier alpha value is -1.61. The first kappa shape index (κ1) is 13.8. The minimum Gasteiger partial charge on any atom is -0.347 e. The fourth-order valence-electron chi connectivity index (χ4n) is 2.19. The molecule has 2 N–H and O–H groups in total. The van der Waals surface area contributed by atoms with E-state index >= 15 is 0 Å². The van der Waals surface area contributed by atoms with Gasteiger partial charge in [0.15, 0.2) is 0 Å². The van der Waals surface area contributed by atoms with E-state index in [4.69, 9.17) is 0 Å². The second-order valence-corrected chi connectivity index (χ2v) is 5.84. The molecule has 0 saturated heterocycles. The molecule has 1 heterocycles. The van der Waals surface area contributed by atoms with Crippen molar-refractivity contribution in [1.29, 1.82) is 0 Å². The molecule has 2 aromatic rings. The highest BCUT2D eigenvalue weighted by Crippen LogP contribution is 2.25. The SMILES string of the molecule is CCNC(c1ccc(C(C)(C)C)cc1)c1ncc[nH]1. The van der Waals surface area contributed by atoms with Gasteiger partial charge in [0.25, 0.3) is 0 Å². The Morgan fingerprint density at radius 1 is 1.21 bits per heavy atom. The lowest BCUT2D eigenvalue weighted by atomic mass is 9.86. The summed E-state index contributed by atoms with van der Waals surface area (Å²) in [7, 11) is 0. The predicted octanol–water partition coefficient (Wildman–Crippen LogP) is 3.41. The molecule has 0 fully saturated rings. The van der Waals surface area contributed by atoms with Crippen molar-refractivity contribution in [3.05, 3.63) is 53.6 Å². The molecule has 0 aliphatic rings. The van der Waals surface area contributed by atoms with Crippen LogP contribution >= 0.6 is 0 Å². The molecule has 0 spiro atoms. The molecular weight excluding hydrogens is 234 g/mol. The maximum absolute atomic E-state index is 4.36. The molecule has 1 unspecified atom stereocenters. The molecule has 0 bridgehead atoms. The molecule has 0 saturated carbocycles. The second-order valence-electron chi connectivity index (χ2n) is 5.84. The predicted molar refractivity (Wildman–Crippen MR) is 79.2 cm³/mol. The van der Waals surface area contributed by atoms with E-state index in [1.807, 2.05) is 6.20 Å². The topological polar surface area (TPSA) is 40.7 Å². The maximum Gasteiger partial charge on any atom is 0.127 e. The van der Waals surface area contributed by atoms with Crippen LogP contribution < -0.4 is 5.32 Å². The van der Waals surface area contributed by atoms with Crippen LogP contribution in [0.3, 0.4) is 0 Å². The summed E-state index contributed by atoms with van der Waals surface area (Å²) < 4.78 is 0. The minimum atomic E-state index is 0.133. The molecule has 19 heavy (non-hydrogen) atoms. The van der Waals surface area contributed by atoms with Crippen molar-refractivity contribution in [1.82, 2.24) is 15.3 Å². The number of imidazole rings is 1. The third-order valence-electron chi connectivity index (χ3n) is 3.31. The number of nitrogens with one attached hydrogen (secondary N) is 2. The molecule has 102 valence electrons. The van der Waals surface area contributed by atoms with Crippen molar-refractivity contribution >= 4 is 0 Å². The first-order valence-corrected chi connectivity index (χ1v) is 6.85. The van der Waals surface area contributed by atoms with Crippen LogP contribution in [0.1, 0.15) is 50.7 Å². The van der Waals surface area contributed by atoms with Crippen LogP contribution in [0.5, 0.6) is 0 Å². The van der Waals surface area contributed by atoms with E-state index in [0.29, 0.717) is 0 Å². The van der Waals surface area contributed by atoms with Gasteiger partial charge in [0.05, 0.1) is 6.04 Å². The average molecular weight is 257 g/mol. The third kappa shape index (κ3) is 3.24. The summed E-state index contributed by atoms with van der Waals surface area (Å²) in [5.74, 6) is 0.963. The molecule has 1 aromatic carbocycles. The van der Waals surface area contributed by atoms with Gasteiger partial charge in [-0.25, -0.2) is 4.98 Å². The molecule has 3 nitrogen and oxygen atoms in total. The zero-order valence-corrected chi connectivity index (χ0v) is 12.2. The van der Waals surface area contributed by atoms with Gasteiger partial charge in [0, 0.05) is 12.4 Å². The molecule has 0 aliphatic carbocycles. The standard InChI is InChI=1S/C16H23N3/c1-5-17-14(15-18-10-11-19-15)12-6-8-13(9-7-12)16(2,3)4/h6-11,14,17H,5H2,1-4H3,(H,18,19). The summed E-state index contributed by atoms with van der Waals surface area (Å²) >= 11 is 0. The zero-order chi connectivity index (χ0) is 13.9. The third-order valence-corrected chi connectivity index (χ3v) is 3.31. The van der Waals surface area contributed by atoms with E-state index in [2.05, 4.69) is 67.2 Å². The minimum absolute atomic E-state index is 0.133. The fraction of sp³-hybridized carbons (Fsp3) is 0.438. The highest BCUT2D eigenvalue weighted by molar-refractivity contribution is 5.31. The Labute approximate surface area is 115 Å². The normalized spacial score (nSPS) is 13.5. The Morgan fingerprint density at radius 2 is 1.89 bits per heavy atom. The Bertz CT molecular complexity index is 492. The van der Waals surface area contributed by atoms with Crippen molar-refractivity contribution in [2.24, 2.45) is 0 Å². The van der Waals surface area contributed by atoms with Crippen LogP contribution in [-0.2, 0) is 5.41 Å². The Morgan fingerprint density at radius 3 is 2.37 bits per heavy atom. The van der Waals surface area contributed by atoms with E-state index in [1.165, 1.54) is 11.1 Å². The maximum atomic E-state index is 4.36. The van der Waals surface area contributed by atoms with Crippen LogP contribution in [0.2, 0.25) is 0 Å². The summed E-state index contributed by atoms with van der Waals surface area (Å²) in [4.78, 5) is 7.56. The number of hydrogen-bond donors (Lipinski definition) is 2. The quantitative estimate of drug-likeness (QED) is 0.881. The van der Waals surface area contributed by atoms with Crippen LogP contribution in [0.15, 0.2) is 36.7 Å². The van der Waals surface area contributed by atoms with Crippen molar-refractivity contribution in [2.75, 3.05) is 6.54 Å². The molecule has 1 aromatic heterocycles. The summed E-state index contributed by atoms with van der Waals surface area (Å²) in [6, 6.07) is 8.94. The number of aromatic amines is 1. The van der Waals surface area contributed by atoms with Gasteiger partial charge in [0.1, 0.15) is 5.82 Å². The summed E-state index contributed by atoms with van der Waals surface area (Å²) in [6.07, 6.45) is 3.66. The average Bonchev–Trinajstić information content (AvgIpc) is 2.89. The molecule has 1 atom stereocenters. The van der Waals surface area contributed by atoms with Gasteiger partial charge in [-0.1, -0.05) is 52.0 Å². The molecule has 0 amide bonds. The number of benzene rings is 1. The Kier molecular flexibility index (Phi) is 4.05. The largest absolute Gasteiger partial charge is 0.347 e. The number of aromatic nitrogens is 2. The Balaban J connectivity index is 2.28. The van der Waals surface area contributed by atoms with E-state index in [-0.39, 0.29) is 11.5 Å². The first-order chi connectivity index (χ1) is 9.02. The second kappa shape index (κ2) is 5.57. The lowest BCUT2D eigenvalue weighted by molar-refractivity contribution is 0.584. The number of rotatable bonds is 4. The monoisotopic (exact) mass is 257 g/mol. The lowest BCUT2D eigenvalue weighted by Crippen LogP contribution is -2.23. The van der Waals surface area contributed by atoms with Crippen LogP contribution in [-0.4, -0.2) is 16.5 Å². The van der Waals surface area contributed by atoms with Gasteiger partial charge in [-0.3, -0.25) is 0 Å². The van der Waals surface area contributed by atoms with Gasteiger partial charge in [0.2, 0.25) is 0 Å². The summed E-state index contributed by atoms with van der Waals surface area (Å²) in [5, 5.41) is 3.47.